The van der Waals surface area contributed by atoms with E-state index in [0.717, 1.165) is 0 Å². The molecule has 1 heterocycles. The molecule has 6 nitrogen and oxygen atoms in total. The van der Waals surface area contributed by atoms with Crippen LogP contribution in [0.4, 0.5) is 5.69 Å². The second-order valence-electron chi connectivity index (χ2n) is 5.16. The number of rotatable bonds is 5. The molecule has 0 aliphatic carbocycles. The van der Waals surface area contributed by atoms with E-state index in [2.05, 4.69) is 4.72 Å². The molecule has 0 amide bonds. The minimum Gasteiger partial charge on any atom is -0.397 e. The van der Waals surface area contributed by atoms with Crippen LogP contribution < -0.4 is 10.5 Å². The van der Waals surface area contributed by atoms with Gasteiger partial charge in [-0.25, -0.2) is 13.1 Å². The van der Waals surface area contributed by atoms with Crippen molar-refractivity contribution in [2.45, 2.75) is 23.8 Å². The Bertz CT molecular complexity index is 604. The predicted octanol–water partition coefficient (Wildman–Crippen LogP) is 1.31. The fourth-order valence-electron chi connectivity index (χ4n) is 2.19. The van der Waals surface area contributed by atoms with E-state index in [-0.39, 0.29) is 17.1 Å². The number of hydrogen-bond acceptors (Lipinski definition) is 5. The maximum absolute atomic E-state index is 12.4. The van der Waals surface area contributed by atoms with Crippen LogP contribution in [0.15, 0.2) is 17.0 Å². The van der Waals surface area contributed by atoms with E-state index in [9.17, 15) is 8.42 Å². The summed E-state index contributed by atoms with van der Waals surface area (Å²) in [7, 11) is -2.13. The number of aryl methyl sites for hydroxylation is 1. The molecule has 1 fully saturated rings. The van der Waals surface area contributed by atoms with Crippen molar-refractivity contribution < 1.29 is 17.9 Å². The summed E-state index contributed by atoms with van der Waals surface area (Å²) in [5.41, 5.74) is 5.96. The van der Waals surface area contributed by atoms with Crippen LogP contribution >= 0.6 is 11.6 Å². The normalized spacial score (nSPS) is 22.6. The van der Waals surface area contributed by atoms with Gasteiger partial charge in [-0.1, -0.05) is 11.6 Å². The standard InChI is InChI=1S/C13H19ClN2O4S/c1-9-5-10(6-11(15)12(9)14)21(17,18)16-7-13(19-2)3-4-20-8-13/h5-6,16H,3-4,7-8,15H2,1-2H3. The molecule has 8 heteroatoms. The molecule has 0 aromatic heterocycles. The van der Waals surface area contributed by atoms with Crippen molar-refractivity contribution in [2.75, 3.05) is 32.6 Å². The average molecular weight is 335 g/mol. The molecule has 118 valence electrons. The SMILES string of the molecule is COC1(CNS(=O)(=O)c2cc(C)c(Cl)c(N)c2)CCOC1. The summed E-state index contributed by atoms with van der Waals surface area (Å²) in [5.74, 6) is 0. The average Bonchev–Trinajstić information content (AvgIpc) is 2.92. The zero-order valence-electron chi connectivity index (χ0n) is 12.0. The summed E-state index contributed by atoms with van der Waals surface area (Å²) in [6.07, 6.45) is 0.647. The Morgan fingerprint density at radius 3 is 2.76 bits per heavy atom. The van der Waals surface area contributed by atoms with Crippen LogP contribution in [0.3, 0.4) is 0 Å². The van der Waals surface area contributed by atoms with Gasteiger partial charge in [0.05, 0.1) is 22.2 Å². The van der Waals surface area contributed by atoms with Crippen LogP contribution in [0.25, 0.3) is 0 Å². The quantitative estimate of drug-likeness (QED) is 0.792. The number of ether oxygens (including phenoxy) is 2. The lowest BCUT2D eigenvalue weighted by molar-refractivity contribution is -0.0120. The molecule has 2 rings (SSSR count). The molecule has 1 aliphatic heterocycles. The van der Waals surface area contributed by atoms with Crippen LogP contribution in [-0.4, -0.2) is 40.9 Å². The van der Waals surface area contributed by atoms with E-state index in [1.807, 2.05) is 0 Å². The molecule has 0 saturated carbocycles. The highest BCUT2D eigenvalue weighted by atomic mass is 35.5. The molecule has 1 aromatic carbocycles. The molecule has 1 saturated heterocycles. The van der Waals surface area contributed by atoms with Crippen molar-refractivity contribution in [3.8, 4) is 0 Å². The molecular formula is C13H19ClN2O4S. The number of sulfonamides is 1. The number of anilines is 1. The summed E-state index contributed by atoms with van der Waals surface area (Å²) in [5, 5.41) is 0.367. The lowest BCUT2D eigenvalue weighted by Gasteiger charge is -2.25. The van der Waals surface area contributed by atoms with E-state index >= 15 is 0 Å². The molecule has 3 N–H and O–H groups in total. The van der Waals surface area contributed by atoms with Gasteiger partial charge < -0.3 is 15.2 Å². The van der Waals surface area contributed by atoms with Crippen molar-refractivity contribution in [3.05, 3.63) is 22.7 Å². The Balaban J connectivity index is 2.19. The first kappa shape index (κ1) is 16.5. The third kappa shape index (κ3) is 3.49. The Morgan fingerprint density at radius 2 is 2.24 bits per heavy atom. The van der Waals surface area contributed by atoms with Crippen molar-refractivity contribution in [2.24, 2.45) is 0 Å². The molecule has 0 radical (unpaired) electrons. The Hall–Kier alpha value is -0.860. The first-order valence-corrected chi connectivity index (χ1v) is 8.34. The van der Waals surface area contributed by atoms with E-state index in [0.29, 0.717) is 30.2 Å². The number of hydrogen-bond donors (Lipinski definition) is 2. The van der Waals surface area contributed by atoms with Crippen molar-refractivity contribution >= 4 is 27.3 Å². The largest absolute Gasteiger partial charge is 0.397 e. The maximum atomic E-state index is 12.4. The van der Waals surface area contributed by atoms with Crippen LogP contribution in [0, 0.1) is 6.92 Å². The second-order valence-corrected chi connectivity index (χ2v) is 7.30. The smallest absolute Gasteiger partial charge is 0.240 e. The number of halogens is 1. The molecule has 1 unspecified atom stereocenters. The maximum Gasteiger partial charge on any atom is 0.240 e. The zero-order chi connectivity index (χ0) is 15.7. The summed E-state index contributed by atoms with van der Waals surface area (Å²) < 4.78 is 37.9. The first-order valence-electron chi connectivity index (χ1n) is 6.48. The minimum atomic E-state index is -3.68. The molecule has 1 atom stereocenters. The van der Waals surface area contributed by atoms with Gasteiger partial charge in [0.25, 0.3) is 0 Å². The monoisotopic (exact) mass is 334 g/mol. The summed E-state index contributed by atoms with van der Waals surface area (Å²) >= 11 is 5.95. The van der Waals surface area contributed by atoms with Crippen molar-refractivity contribution in [1.29, 1.82) is 0 Å². The van der Waals surface area contributed by atoms with E-state index in [1.54, 1.807) is 14.0 Å². The lowest BCUT2D eigenvalue weighted by Crippen LogP contribution is -2.44. The highest BCUT2D eigenvalue weighted by Crippen LogP contribution is 2.27. The van der Waals surface area contributed by atoms with Gasteiger partial charge >= 0.3 is 0 Å². The van der Waals surface area contributed by atoms with Gasteiger partial charge in [0.15, 0.2) is 0 Å². The molecule has 21 heavy (non-hydrogen) atoms. The van der Waals surface area contributed by atoms with Gasteiger partial charge in [0.1, 0.15) is 5.60 Å². The number of benzene rings is 1. The van der Waals surface area contributed by atoms with Crippen molar-refractivity contribution in [1.82, 2.24) is 4.72 Å². The second kappa shape index (κ2) is 6.10. The Kier molecular flexibility index (Phi) is 4.79. The molecule has 1 aliphatic rings. The fraction of sp³-hybridized carbons (Fsp3) is 0.538. The highest BCUT2D eigenvalue weighted by molar-refractivity contribution is 7.89. The minimum absolute atomic E-state index is 0.0899. The van der Waals surface area contributed by atoms with Gasteiger partial charge in [-0.3, -0.25) is 0 Å². The van der Waals surface area contributed by atoms with Crippen LogP contribution in [0.5, 0.6) is 0 Å². The van der Waals surface area contributed by atoms with E-state index < -0.39 is 15.6 Å². The number of methoxy groups -OCH3 is 1. The Labute approximate surface area is 129 Å². The van der Waals surface area contributed by atoms with Crippen LogP contribution in [0.2, 0.25) is 5.02 Å². The number of nitrogen functional groups attached to an aromatic ring is 1. The fourth-order valence-corrected chi connectivity index (χ4v) is 3.53. The number of nitrogens with one attached hydrogen (secondary N) is 1. The topological polar surface area (TPSA) is 90.7 Å². The number of nitrogens with two attached hydrogens (primary N) is 1. The van der Waals surface area contributed by atoms with E-state index in [4.69, 9.17) is 26.8 Å². The third-order valence-corrected chi connectivity index (χ3v) is 5.55. The zero-order valence-corrected chi connectivity index (χ0v) is 13.6. The summed E-state index contributed by atoms with van der Waals surface area (Å²) in [4.78, 5) is 0.0899. The third-order valence-electron chi connectivity index (χ3n) is 3.65. The van der Waals surface area contributed by atoms with E-state index in [1.165, 1.54) is 12.1 Å². The van der Waals surface area contributed by atoms with Gasteiger partial charge in [0, 0.05) is 26.7 Å². The Morgan fingerprint density at radius 1 is 1.52 bits per heavy atom. The summed E-state index contributed by atoms with van der Waals surface area (Å²) in [6, 6.07) is 2.84. The van der Waals surface area contributed by atoms with Crippen molar-refractivity contribution in [3.63, 3.8) is 0 Å². The van der Waals surface area contributed by atoms with Gasteiger partial charge in [0.2, 0.25) is 10.0 Å². The molecule has 0 spiro atoms. The van der Waals surface area contributed by atoms with Gasteiger partial charge in [-0.15, -0.1) is 0 Å². The molecule has 0 bridgehead atoms. The summed E-state index contributed by atoms with van der Waals surface area (Å²) in [6.45, 7) is 2.78. The predicted molar refractivity (Wildman–Crippen MR) is 81.0 cm³/mol. The van der Waals surface area contributed by atoms with Crippen LogP contribution in [-0.2, 0) is 19.5 Å². The highest BCUT2D eigenvalue weighted by Gasteiger charge is 2.36. The lowest BCUT2D eigenvalue weighted by atomic mass is 10.0. The first-order chi connectivity index (χ1) is 9.80. The van der Waals surface area contributed by atoms with Gasteiger partial charge in [-0.05, 0) is 24.6 Å². The van der Waals surface area contributed by atoms with Crippen LogP contribution in [0.1, 0.15) is 12.0 Å². The molecule has 1 aromatic rings. The molecular weight excluding hydrogens is 316 g/mol. The van der Waals surface area contributed by atoms with Gasteiger partial charge in [-0.2, -0.15) is 0 Å².